The fraction of sp³-hybridized carbons (Fsp3) is 0.500. The second-order valence-corrected chi connectivity index (χ2v) is 4.48. The lowest BCUT2D eigenvalue weighted by atomic mass is 10.0. The summed E-state index contributed by atoms with van der Waals surface area (Å²) in [6.07, 6.45) is -0.850. The van der Waals surface area contributed by atoms with Crippen LogP contribution in [0.3, 0.4) is 0 Å². The molecule has 0 bridgehead atoms. The quantitative estimate of drug-likeness (QED) is 0.696. The third-order valence-electron chi connectivity index (χ3n) is 3.01. The molecular formula is C16H23NO5. The van der Waals surface area contributed by atoms with Gasteiger partial charge < -0.3 is 14.2 Å². The van der Waals surface area contributed by atoms with Gasteiger partial charge in [-0.15, -0.1) is 0 Å². The number of rotatable bonds is 9. The van der Waals surface area contributed by atoms with Crippen molar-refractivity contribution in [3.8, 4) is 0 Å². The van der Waals surface area contributed by atoms with Gasteiger partial charge in [0.25, 0.3) is 0 Å². The Morgan fingerprint density at radius 3 is 2.27 bits per heavy atom. The minimum absolute atomic E-state index is 0.0212. The first kappa shape index (κ1) is 18.1. The minimum Gasteiger partial charge on any atom is -0.465 e. The molecule has 0 saturated carbocycles. The van der Waals surface area contributed by atoms with Crippen LogP contribution < -0.4 is 5.32 Å². The molecule has 6 heteroatoms. The van der Waals surface area contributed by atoms with Crippen LogP contribution in [-0.2, 0) is 23.8 Å². The van der Waals surface area contributed by atoms with E-state index in [9.17, 15) is 9.59 Å². The summed E-state index contributed by atoms with van der Waals surface area (Å²) in [5.41, 5.74) is 0.826. The van der Waals surface area contributed by atoms with Crippen molar-refractivity contribution in [2.45, 2.75) is 26.0 Å². The number of benzene rings is 1. The first-order valence-electron chi connectivity index (χ1n) is 7.27. The predicted molar refractivity (Wildman–Crippen MR) is 81.2 cm³/mol. The minimum atomic E-state index is -0.850. The molecule has 22 heavy (non-hydrogen) atoms. The highest BCUT2D eigenvalue weighted by Crippen LogP contribution is 2.20. The molecule has 2 atom stereocenters. The van der Waals surface area contributed by atoms with E-state index in [2.05, 4.69) is 5.32 Å². The van der Waals surface area contributed by atoms with Crippen molar-refractivity contribution in [3.05, 3.63) is 35.9 Å². The van der Waals surface area contributed by atoms with Crippen LogP contribution >= 0.6 is 0 Å². The van der Waals surface area contributed by atoms with E-state index >= 15 is 0 Å². The van der Waals surface area contributed by atoms with Crippen LogP contribution in [-0.4, -0.2) is 44.9 Å². The first-order valence-corrected chi connectivity index (χ1v) is 7.27. The summed E-state index contributed by atoms with van der Waals surface area (Å²) in [7, 11) is 1.43. The summed E-state index contributed by atoms with van der Waals surface area (Å²) >= 11 is 0. The van der Waals surface area contributed by atoms with E-state index in [4.69, 9.17) is 14.2 Å². The van der Waals surface area contributed by atoms with E-state index in [-0.39, 0.29) is 19.1 Å². The van der Waals surface area contributed by atoms with Crippen LogP contribution in [0.2, 0.25) is 0 Å². The van der Waals surface area contributed by atoms with Crippen molar-refractivity contribution in [1.82, 2.24) is 5.32 Å². The topological polar surface area (TPSA) is 73.9 Å². The summed E-state index contributed by atoms with van der Waals surface area (Å²) in [4.78, 5) is 23.6. The van der Waals surface area contributed by atoms with Crippen molar-refractivity contribution in [2.75, 3.05) is 26.9 Å². The molecule has 0 aromatic heterocycles. The molecule has 0 aliphatic carbocycles. The lowest BCUT2D eigenvalue weighted by molar-refractivity contribution is -0.157. The monoisotopic (exact) mass is 309 g/mol. The molecule has 0 radical (unpaired) electrons. The van der Waals surface area contributed by atoms with Gasteiger partial charge in [-0.1, -0.05) is 30.3 Å². The highest BCUT2D eigenvalue weighted by Gasteiger charge is 2.31. The molecule has 1 N–H and O–H groups in total. The van der Waals surface area contributed by atoms with Crippen LogP contribution in [0.15, 0.2) is 30.3 Å². The summed E-state index contributed by atoms with van der Waals surface area (Å²) in [5, 5.41) is 3.01. The van der Waals surface area contributed by atoms with Crippen LogP contribution in [0.25, 0.3) is 0 Å². The molecule has 0 fully saturated rings. The van der Waals surface area contributed by atoms with E-state index in [0.29, 0.717) is 6.61 Å². The number of esters is 2. The SMILES string of the molecule is CCOC(=O)CN[C@H](c1ccccc1)[C@H](OC)C(=O)OCC. The first-order chi connectivity index (χ1) is 10.6. The Bertz CT molecular complexity index is 463. The Morgan fingerprint density at radius 1 is 1.09 bits per heavy atom. The molecule has 1 rings (SSSR count). The Balaban J connectivity index is 2.90. The Morgan fingerprint density at radius 2 is 1.73 bits per heavy atom. The number of carbonyl (C=O) groups is 2. The number of hydrogen-bond donors (Lipinski definition) is 1. The third kappa shape index (κ3) is 5.46. The summed E-state index contributed by atoms with van der Waals surface area (Å²) in [6.45, 7) is 4.02. The van der Waals surface area contributed by atoms with Crippen LogP contribution in [0.4, 0.5) is 0 Å². The molecule has 0 unspecified atom stereocenters. The van der Waals surface area contributed by atoms with Gasteiger partial charge in [-0.25, -0.2) is 4.79 Å². The summed E-state index contributed by atoms with van der Waals surface area (Å²) in [6, 6.07) is 8.79. The fourth-order valence-corrected chi connectivity index (χ4v) is 2.06. The van der Waals surface area contributed by atoms with Crippen LogP contribution in [0.5, 0.6) is 0 Å². The van der Waals surface area contributed by atoms with Gasteiger partial charge in [-0.05, 0) is 19.4 Å². The van der Waals surface area contributed by atoms with Gasteiger partial charge >= 0.3 is 11.9 Å². The predicted octanol–water partition coefficient (Wildman–Crippen LogP) is 1.46. The van der Waals surface area contributed by atoms with Gasteiger partial charge in [-0.2, -0.15) is 0 Å². The lowest BCUT2D eigenvalue weighted by Crippen LogP contribution is -2.41. The summed E-state index contributed by atoms with van der Waals surface area (Å²) < 4.78 is 15.2. The van der Waals surface area contributed by atoms with E-state index in [0.717, 1.165) is 5.56 Å². The van der Waals surface area contributed by atoms with Gasteiger partial charge in [0.15, 0.2) is 6.10 Å². The van der Waals surface area contributed by atoms with Gasteiger partial charge in [0.05, 0.1) is 25.8 Å². The van der Waals surface area contributed by atoms with Gasteiger partial charge in [-0.3, -0.25) is 10.1 Å². The molecule has 1 aromatic carbocycles. The number of hydrogen-bond acceptors (Lipinski definition) is 6. The van der Waals surface area contributed by atoms with Gasteiger partial charge in [0, 0.05) is 7.11 Å². The molecule has 0 saturated heterocycles. The van der Waals surface area contributed by atoms with Gasteiger partial charge in [0.1, 0.15) is 0 Å². The molecule has 122 valence electrons. The van der Waals surface area contributed by atoms with E-state index in [1.807, 2.05) is 30.3 Å². The molecule has 6 nitrogen and oxygen atoms in total. The fourth-order valence-electron chi connectivity index (χ4n) is 2.06. The van der Waals surface area contributed by atoms with Crippen molar-refractivity contribution < 1.29 is 23.8 Å². The van der Waals surface area contributed by atoms with E-state index in [1.54, 1.807) is 13.8 Å². The van der Waals surface area contributed by atoms with Crippen molar-refractivity contribution >= 4 is 11.9 Å². The third-order valence-corrected chi connectivity index (χ3v) is 3.01. The zero-order chi connectivity index (χ0) is 16.4. The van der Waals surface area contributed by atoms with Crippen LogP contribution in [0, 0.1) is 0 Å². The largest absolute Gasteiger partial charge is 0.465 e. The van der Waals surface area contributed by atoms with E-state index < -0.39 is 18.1 Å². The molecule has 0 amide bonds. The van der Waals surface area contributed by atoms with E-state index in [1.165, 1.54) is 7.11 Å². The van der Waals surface area contributed by atoms with Crippen molar-refractivity contribution in [2.24, 2.45) is 0 Å². The maximum Gasteiger partial charge on any atom is 0.337 e. The normalized spacial score (nSPS) is 13.2. The zero-order valence-corrected chi connectivity index (χ0v) is 13.2. The average molecular weight is 309 g/mol. The Labute approximate surface area is 130 Å². The highest BCUT2D eigenvalue weighted by molar-refractivity contribution is 5.76. The number of carbonyl (C=O) groups excluding carboxylic acids is 2. The maximum absolute atomic E-state index is 12.1. The Hall–Kier alpha value is -1.92. The van der Waals surface area contributed by atoms with Crippen molar-refractivity contribution in [3.63, 3.8) is 0 Å². The number of ether oxygens (including phenoxy) is 3. The highest BCUT2D eigenvalue weighted by atomic mass is 16.6. The van der Waals surface area contributed by atoms with Crippen molar-refractivity contribution in [1.29, 1.82) is 0 Å². The Kier molecular flexibility index (Phi) is 8.17. The van der Waals surface area contributed by atoms with Crippen LogP contribution in [0.1, 0.15) is 25.5 Å². The molecule has 0 aliphatic rings. The average Bonchev–Trinajstić information content (AvgIpc) is 2.52. The molecule has 1 aromatic rings. The summed E-state index contributed by atoms with van der Waals surface area (Å²) in [5.74, 6) is -0.864. The lowest BCUT2D eigenvalue weighted by Gasteiger charge is -2.25. The molecule has 0 aliphatic heterocycles. The number of nitrogens with one attached hydrogen (secondary N) is 1. The molecule has 0 spiro atoms. The molecular weight excluding hydrogens is 286 g/mol. The number of methoxy groups -OCH3 is 1. The molecule has 0 heterocycles. The second kappa shape index (κ2) is 9.92. The smallest absolute Gasteiger partial charge is 0.337 e. The maximum atomic E-state index is 12.1. The van der Waals surface area contributed by atoms with Gasteiger partial charge in [0.2, 0.25) is 0 Å². The second-order valence-electron chi connectivity index (χ2n) is 4.48. The standard InChI is InChI=1S/C16H23NO5/c1-4-21-13(18)11-17-14(12-9-7-6-8-10-12)15(20-3)16(19)22-5-2/h6-10,14-15,17H,4-5,11H2,1-3H3/t14-,15+/m1/s1. The zero-order valence-electron chi connectivity index (χ0n) is 13.2.